The Hall–Kier alpha value is -1.59. The van der Waals surface area contributed by atoms with Crippen molar-refractivity contribution in [3.05, 3.63) is 29.8 Å². The van der Waals surface area contributed by atoms with Crippen molar-refractivity contribution < 1.29 is 14.6 Å². The number of nitrogens with zero attached hydrogens (tertiary/aromatic N) is 2. The number of amides is 1. The van der Waals surface area contributed by atoms with E-state index in [0.717, 1.165) is 43.7 Å². The summed E-state index contributed by atoms with van der Waals surface area (Å²) in [5, 5.41) is 9.67. The molecule has 2 aliphatic heterocycles. The number of piperidine rings is 1. The molecular formula is C20H30N2O3. The number of hydrogen-bond donors (Lipinski definition) is 1. The van der Waals surface area contributed by atoms with Crippen LogP contribution in [0.3, 0.4) is 0 Å². The first-order valence-electron chi connectivity index (χ1n) is 9.48. The summed E-state index contributed by atoms with van der Waals surface area (Å²) >= 11 is 0. The highest BCUT2D eigenvalue weighted by Gasteiger charge is 2.31. The summed E-state index contributed by atoms with van der Waals surface area (Å²) in [6.45, 7) is 2.76. The number of likely N-dealkylation sites (tertiary alicyclic amines) is 2. The lowest BCUT2D eigenvalue weighted by molar-refractivity contribution is -0.131. The lowest BCUT2D eigenvalue weighted by Gasteiger charge is -2.40. The second-order valence-corrected chi connectivity index (χ2v) is 7.21. The van der Waals surface area contributed by atoms with Gasteiger partial charge in [0.2, 0.25) is 5.91 Å². The monoisotopic (exact) mass is 346 g/mol. The Morgan fingerprint density at radius 3 is 2.64 bits per heavy atom. The van der Waals surface area contributed by atoms with Gasteiger partial charge < -0.3 is 14.7 Å². The van der Waals surface area contributed by atoms with Crippen LogP contribution in [0, 0.1) is 0 Å². The third-order valence-corrected chi connectivity index (χ3v) is 5.66. The first-order chi connectivity index (χ1) is 12.2. The maximum atomic E-state index is 12.6. The second kappa shape index (κ2) is 8.68. The SMILES string of the molecule is COc1ccc(CN2CCC(N3CCCCC3CO)CCC2=O)cc1. The summed E-state index contributed by atoms with van der Waals surface area (Å²) in [6.07, 6.45) is 6.01. The molecule has 0 bridgehead atoms. The van der Waals surface area contributed by atoms with Crippen molar-refractivity contribution in [1.29, 1.82) is 0 Å². The van der Waals surface area contributed by atoms with Gasteiger partial charge in [0.25, 0.3) is 0 Å². The Morgan fingerprint density at radius 1 is 1.12 bits per heavy atom. The highest BCUT2D eigenvalue weighted by Crippen LogP contribution is 2.26. The van der Waals surface area contributed by atoms with E-state index in [1.165, 1.54) is 12.8 Å². The molecule has 1 aromatic carbocycles. The molecule has 3 rings (SSSR count). The van der Waals surface area contributed by atoms with Crippen LogP contribution in [0.2, 0.25) is 0 Å². The number of carbonyl (C=O) groups is 1. The van der Waals surface area contributed by atoms with Gasteiger partial charge in [-0.15, -0.1) is 0 Å². The molecule has 2 unspecified atom stereocenters. The topological polar surface area (TPSA) is 53.0 Å². The number of methoxy groups -OCH3 is 1. The minimum atomic E-state index is 0.236. The smallest absolute Gasteiger partial charge is 0.222 e. The number of carbonyl (C=O) groups excluding carboxylic acids is 1. The molecule has 0 aliphatic carbocycles. The average molecular weight is 346 g/mol. The summed E-state index contributed by atoms with van der Waals surface area (Å²) in [4.78, 5) is 17.0. The number of hydrogen-bond acceptors (Lipinski definition) is 4. The van der Waals surface area contributed by atoms with Gasteiger partial charge in [-0.05, 0) is 49.9 Å². The maximum Gasteiger partial charge on any atom is 0.222 e. The van der Waals surface area contributed by atoms with E-state index in [0.29, 0.717) is 19.0 Å². The molecule has 2 saturated heterocycles. The highest BCUT2D eigenvalue weighted by atomic mass is 16.5. The largest absolute Gasteiger partial charge is 0.497 e. The van der Waals surface area contributed by atoms with Crippen molar-refractivity contribution in [2.45, 2.75) is 57.2 Å². The van der Waals surface area contributed by atoms with Gasteiger partial charge in [0.1, 0.15) is 5.75 Å². The Balaban J connectivity index is 1.61. The van der Waals surface area contributed by atoms with Crippen LogP contribution in [0.4, 0.5) is 0 Å². The predicted molar refractivity (Wildman–Crippen MR) is 97.5 cm³/mol. The van der Waals surface area contributed by atoms with Crippen LogP contribution >= 0.6 is 0 Å². The summed E-state index contributed by atoms with van der Waals surface area (Å²) in [5.74, 6) is 1.09. The number of rotatable bonds is 5. The Bertz CT molecular complexity index is 561. The summed E-state index contributed by atoms with van der Waals surface area (Å²) in [5.41, 5.74) is 1.14. The first-order valence-corrected chi connectivity index (χ1v) is 9.48. The molecule has 1 aromatic rings. The molecule has 2 fully saturated rings. The minimum absolute atomic E-state index is 0.236. The van der Waals surface area contributed by atoms with Crippen molar-refractivity contribution in [3.8, 4) is 5.75 Å². The molecule has 1 amide bonds. The zero-order chi connectivity index (χ0) is 17.6. The van der Waals surface area contributed by atoms with Crippen molar-refractivity contribution in [2.24, 2.45) is 0 Å². The Kier molecular flexibility index (Phi) is 6.32. The molecule has 1 N–H and O–H groups in total. The molecule has 0 saturated carbocycles. The number of benzene rings is 1. The standard InChI is InChI=1S/C20H30N2O3/c1-25-19-8-5-16(6-9-19)14-21-13-11-17(7-10-20(21)24)22-12-3-2-4-18(22)15-23/h5-6,8-9,17-18,23H,2-4,7,10-15H2,1H3. The zero-order valence-electron chi connectivity index (χ0n) is 15.2. The molecular weight excluding hydrogens is 316 g/mol. The van der Waals surface area contributed by atoms with Crippen molar-refractivity contribution in [3.63, 3.8) is 0 Å². The molecule has 5 nitrogen and oxygen atoms in total. The van der Waals surface area contributed by atoms with Crippen LogP contribution < -0.4 is 4.74 Å². The van der Waals surface area contributed by atoms with E-state index in [9.17, 15) is 9.90 Å². The van der Waals surface area contributed by atoms with Gasteiger partial charge in [-0.25, -0.2) is 0 Å². The quantitative estimate of drug-likeness (QED) is 0.890. The molecule has 2 atom stereocenters. The highest BCUT2D eigenvalue weighted by molar-refractivity contribution is 5.76. The lowest BCUT2D eigenvalue weighted by Crippen LogP contribution is -2.48. The Labute approximate surface area is 150 Å². The molecule has 2 aliphatic rings. The molecule has 0 radical (unpaired) electrons. The van der Waals surface area contributed by atoms with Gasteiger partial charge in [0, 0.05) is 31.6 Å². The molecule has 0 aromatic heterocycles. The third-order valence-electron chi connectivity index (χ3n) is 5.66. The van der Waals surface area contributed by atoms with Gasteiger partial charge in [0.15, 0.2) is 0 Å². The van der Waals surface area contributed by atoms with E-state index in [-0.39, 0.29) is 18.6 Å². The molecule has 25 heavy (non-hydrogen) atoms. The van der Waals surface area contributed by atoms with E-state index < -0.39 is 0 Å². The molecule has 5 heteroatoms. The minimum Gasteiger partial charge on any atom is -0.497 e. The van der Waals surface area contributed by atoms with Gasteiger partial charge >= 0.3 is 0 Å². The molecule has 138 valence electrons. The van der Waals surface area contributed by atoms with E-state index >= 15 is 0 Å². The van der Waals surface area contributed by atoms with E-state index in [1.807, 2.05) is 29.2 Å². The number of ether oxygens (including phenoxy) is 1. The van der Waals surface area contributed by atoms with Crippen molar-refractivity contribution >= 4 is 5.91 Å². The van der Waals surface area contributed by atoms with Gasteiger partial charge in [-0.3, -0.25) is 9.69 Å². The van der Waals surface area contributed by atoms with Gasteiger partial charge in [-0.2, -0.15) is 0 Å². The second-order valence-electron chi connectivity index (χ2n) is 7.21. The van der Waals surface area contributed by atoms with Crippen LogP contribution in [-0.2, 0) is 11.3 Å². The fourth-order valence-electron chi connectivity index (χ4n) is 4.17. The molecule has 2 heterocycles. The maximum absolute atomic E-state index is 12.6. The van der Waals surface area contributed by atoms with Gasteiger partial charge in [0.05, 0.1) is 13.7 Å². The third kappa shape index (κ3) is 4.53. The van der Waals surface area contributed by atoms with Crippen LogP contribution in [0.5, 0.6) is 5.75 Å². The summed E-state index contributed by atoms with van der Waals surface area (Å²) < 4.78 is 5.20. The van der Waals surface area contributed by atoms with E-state index in [1.54, 1.807) is 7.11 Å². The number of aliphatic hydroxyl groups excluding tert-OH is 1. The Morgan fingerprint density at radius 2 is 1.92 bits per heavy atom. The van der Waals surface area contributed by atoms with Crippen molar-refractivity contribution in [2.75, 3.05) is 26.8 Å². The van der Waals surface area contributed by atoms with Crippen LogP contribution in [-0.4, -0.2) is 59.7 Å². The van der Waals surface area contributed by atoms with Gasteiger partial charge in [-0.1, -0.05) is 18.6 Å². The molecule has 0 spiro atoms. The van der Waals surface area contributed by atoms with Crippen LogP contribution in [0.15, 0.2) is 24.3 Å². The average Bonchev–Trinajstić information content (AvgIpc) is 2.84. The van der Waals surface area contributed by atoms with Crippen molar-refractivity contribution in [1.82, 2.24) is 9.80 Å². The normalized spacial score (nSPS) is 25.7. The van der Waals surface area contributed by atoms with Crippen LogP contribution in [0.1, 0.15) is 44.1 Å². The van der Waals surface area contributed by atoms with Crippen LogP contribution in [0.25, 0.3) is 0 Å². The zero-order valence-corrected chi connectivity index (χ0v) is 15.2. The fourth-order valence-corrected chi connectivity index (χ4v) is 4.17. The van der Waals surface area contributed by atoms with E-state index in [2.05, 4.69) is 4.90 Å². The number of aliphatic hydroxyl groups is 1. The predicted octanol–water partition coefficient (Wildman–Crippen LogP) is 2.42. The summed E-state index contributed by atoms with van der Waals surface area (Å²) in [6, 6.07) is 8.64. The lowest BCUT2D eigenvalue weighted by atomic mass is 9.97. The van der Waals surface area contributed by atoms with E-state index in [4.69, 9.17) is 4.74 Å². The fraction of sp³-hybridized carbons (Fsp3) is 0.650. The first kappa shape index (κ1) is 18.2. The summed E-state index contributed by atoms with van der Waals surface area (Å²) in [7, 11) is 1.66.